The number of allylic oxidation sites excluding steroid dienone is 2. The molecule has 0 spiro atoms. The van der Waals surface area contributed by atoms with Gasteiger partial charge in [0.25, 0.3) is 0 Å². The van der Waals surface area contributed by atoms with E-state index in [0.717, 1.165) is 0 Å². The van der Waals surface area contributed by atoms with Gasteiger partial charge in [0.05, 0.1) is 19.8 Å². The Morgan fingerprint density at radius 3 is 2.80 bits per heavy atom. The van der Waals surface area contributed by atoms with Gasteiger partial charge in [0.2, 0.25) is 0 Å². The van der Waals surface area contributed by atoms with E-state index in [-0.39, 0.29) is 0 Å². The third-order valence-electron chi connectivity index (χ3n) is 0.918. The van der Waals surface area contributed by atoms with Crippen LogP contribution >= 0.6 is 0 Å². The summed E-state index contributed by atoms with van der Waals surface area (Å²) in [5.74, 6) is 0. The lowest BCUT2D eigenvalue weighted by Gasteiger charge is -1.97. The van der Waals surface area contributed by atoms with E-state index >= 15 is 0 Å². The number of hydrogen-bond acceptors (Lipinski definition) is 2. The molecule has 0 aliphatic rings. The van der Waals surface area contributed by atoms with Gasteiger partial charge < -0.3 is 9.47 Å². The van der Waals surface area contributed by atoms with Crippen LogP contribution in [0.1, 0.15) is 0 Å². The summed E-state index contributed by atoms with van der Waals surface area (Å²) < 4.78 is 9.90. The van der Waals surface area contributed by atoms with Gasteiger partial charge in [-0.2, -0.15) is 0 Å². The van der Waals surface area contributed by atoms with Gasteiger partial charge in [0.1, 0.15) is 0 Å². The van der Waals surface area contributed by atoms with Crippen molar-refractivity contribution < 1.29 is 9.47 Å². The fourth-order valence-electron chi connectivity index (χ4n) is 0.445. The minimum atomic E-state index is 0.634. The molecule has 0 aromatic heterocycles. The highest BCUT2D eigenvalue weighted by atomic mass is 16.5. The SMILES string of the molecule is C=C/C=C/COCCOC. The molecule has 0 aliphatic heterocycles. The van der Waals surface area contributed by atoms with Gasteiger partial charge in [0, 0.05) is 7.11 Å². The molecule has 0 fully saturated rings. The van der Waals surface area contributed by atoms with E-state index in [4.69, 9.17) is 9.47 Å². The molecule has 0 unspecified atom stereocenters. The molecule has 0 bridgehead atoms. The molecule has 0 atom stereocenters. The molecule has 2 heteroatoms. The van der Waals surface area contributed by atoms with Crippen molar-refractivity contribution >= 4 is 0 Å². The summed E-state index contributed by atoms with van der Waals surface area (Å²) in [7, 11) is 1.66. The average Bonchev–Trinajstić information content (AvgIpc) is 1.97. The first-order chi connectivity index (χ1) is 4.91. The summed E-state index contributed by atoms with van der Waals surface area (Å²) in [6, 6.07) is 0. The molecule has 2 nitrogen and oxygen atoms in total. The first-order valence-corrected chi connectivity index (χ1v) is 3.26. The third-order valence-corrected chi connectivity index (χ3v) is 0.918. The molecule has 0 rings (SSSR count). The summed E-state index contributed by atoms with van der Waals surface area (Å²) in [5, 5.41) is 0. The molecule has 0 saturated heterocycles. The van der Waals surface area contributed by atoms with Crippen LogP contribution in [0.3, 0.4) is 0 Å². The van der Waals surface area contributed by atoms with Crippen LogP contribution in [0.2, 0.25) is 0 Å². The summed E-state index contributed by atoms with van der Waals surface area (Å²) in [5.41, 5.74) is 0. The van der Waals surface area contributed by atoms with Crippen LogP contribution < -0.4 is 0 Å². The Kier molecular flexibility index (Phi) is 7.90. The standard InChI is InChI=1S/C8H14O2/c1-3-4-5-6-10-8-7-9-2/h3-5H,1,6-8H2,2H3/b5-4+. The largest absolute Gasteiger partial charge is 0.382 e. The minimum Gasteiger partial charge on any atom is -0.382 e. The zero-order valence-electron chi connectivity index (χ0n) is 6.38. The highest BCUT2D eigenvalue weighted by Gasteiger charge is 1.80. The normalized spacial score (nSPS) is 10.5. The maximum atomic E-state index is 5.12. The van der Waals surface area contributed by atoms with E-state index in [1.54, 1.807) is 13.2 Å². The van der Waals surface area contributed by atoms with Crippen molar-refractivity contribution in [3.8, 4) is 0 Å². The van der Waals surface area contributed by atoms with E-state index in [0.29, 0.717) is 19.8 Å². The van der Waals surface area contributed by atoms with Crippen molar-refractivity contribution in [1.82, 2.24) is 0 Å². The van der Waals surface area contributed by atoms with Gasteiger partial charge in [-0.15, -0.1) is 0 Å². The number of rotatable bonds is 6. The van der Waals surface area contributed by atoms with E-state index in [9.17, 15) is 0 Å². The second-order valence-electron chi connectivity index (χ2n) is 1.73. The fourth-order valence-corrected chi connectivity index (χ4v) is 0.445. The summed E-state index contributed by atoms with van der Waals surface area (Å²) in [4.78, 5) is 0. The predicted molar refractivity (Wildman–Crippen MR) is 42.0 cm³/mol. The molecule has 58 valence electrons. The van der Waals surface area contributed by atoms with Crippen molar-refractivity contribution in [3.05, 3.63) is 24.8 Å². The Labute approximate surface area is 62.1 Å². The smallest absolute Gasteiger partial charge is 0.0704 e. The van der Waals surface area contributed by atoms with Crippen molar-refractivity contribution in [2.45, 2.75) is 0 Å². The number of methoxy groups -OCH3 is 1. The fraction of sp³-hybridized carbons (Fsp3) is 0.500. The summed E-state index contributed by atoms with van der Waals surface area (Å²) in [6.07, 6.45) is 5.48. The molecule has 0 aromatic rings. The predicted octanol–water partition coefficient (Wildman–Crippen LogP) is 1.39. The molecule has 0 N–H and O–H groups in total. The van der Waals surface area contributed by atoms with Crippen molar-refractivity contribution in [1.29, 1.82) is 0 Å². The van der Waals surface area contributed by atoms with Crippen LogP contribution in [0.4, 0.5) is 0 Å². The third kappa shape index (κ3) is 7.40. The van der Waals surface area contributed by atoms with Gasteiger partial charge in [-0.3, -0.25) is 0 Å². The Balaban J connectivity index is 2.90. The highest BCUT2D eigenvalue weighted by Crippen LogP contribution is 1.78. The molecule has 10 heavy (non-hydrogen) atoms. The maximum Gasteiger partial charge on any atom is 0.0704 e. The lowest BCUT2D eigenvalue weighted by molar-refractivity contribution is 0.0853. The molecule has 0 amide bonds. The maximum absolute atomic E-state index is 5.12. The van der Waals surface area contributed by atoms with Crippen LogP contribution in [-0.2, 0) is 9.47 Å². The topological polar surface area (TPSA) is 18.5 Å². The lowest BCUT2D eigenvalue weighted by Crippen LogP contribution is -2.00. The first kappa shape index (κ1) is 9.40. The molecule has 0 aliphatic carbocycles. The van der Waals surface area contributed by atoms with Crippen LogP contribution in [0, 0.1) is 0 Å². The quantitative estimate of drug-likeness (QED) is 0.412. The molecule has 0 heterocycles. The lowest BCUT2D eigenvalue weighted by atomic mass is 10.5. The van der Waals surface area contributed by atoms with Crippen LogP contribution in [-0.4, -0.2) is 26.9 Å². The monoisotopic (exact) mass is 142 g/mol. The van der Waals surface area contributed by atoms with Gasteiger partial charge in [-0.25, -0.2) is 0 Å². The zero-order valence-corrected chi connectivity index (χ0v) is 6.38. The van der Waals surface area contributed by atoms with Crippen molar-refractivity contribution in [3.63, 3.8) is 0 Å². The molecule has 0 aromatic carbocycles. The summed E-state index contributed by atoms with van der Waals surface area (Å²) in [6.45, 7) is 5.47. The van der Waals surface area contributed by atoms with Crippen molar-refractivity contribution in [2.75, 3.05) is 26.9 Å². The zero-order chi connectivity index (χ0) is 7.66. The number of hydrogen-bond donors (Lipinski definition) is 0. The van der Waals surface area contributed by atoms with E-state index in [1.807, 2.05) is 12.2 Å². The molecular weight excluding hydrogens is 128 g/mol. The van der Waals surface area contributed by atoms with Crippen LogP contribution in [0.15, 0.2) is 24.8 Å². The van der Waals surface area contributed by atoms with Crippen LogP contribution in [0.5, 0.6) is 0 Å². The van der Waals surface area contributed by atoms with E-state index < -0.39 is 0 Å². The van der Waals surface area contributed by atoms with Gasteiger partial charge in [0.15, 0.2) is 0 Å². The van der Waals surface area contributed by atoms with E-state index in [2.05, 4.69) is 6.58 Å². The second-order valence-corrected chi connectivity index (χ2v) is 1.73. The Hall–Kier alpha value is -0.600. The Morgan fingerprint density at radius 2 is 2.20 bits per heavy atom. The van der Waals surface area contributed by atoms with Gasteiger partial charge in [-0.05, 0) is 0 Å². The Morgan fingerprint density at radius 1 is 1.40 bits per heavy atom. The Bertz CT molecular complexity index is 97.4. The van der Waals surface area contributed by atoms with Gasteiger partial charge >= 0.3 is 0 Å². The molecule has 0 radical (unpaired) electrons. The molecule has 0 saturated carbocycles. The minimum absolute atomic E-state index is 0.634. The molecular formula is C8H14O2. The summed E-state index contributed by atoms with van der Waals surface area (Å²) >= 11 is 0. The van der Waals surface area contributed by atoms with Crippen molar-refractivity contribution in [2.24, 2.45) is 0 Å². The first-order valence-electron chi connectivity index (χ1n) is 3.26. The van der Waals surface area contributed by atoms with E-state index in [1.165, 1.54) is 0 Å². The average molecular weight is 142 g/mol. The van der Waals surface area contributed by atoms with Crippen LogP contribution in [0.25, 0.3) is 0 Å². The van der Waals surface area contributed by atoms with Gasteiger partial charge in [-0.1, -0.05) is 24.8 Å². The number of ether oxygens (including phenoxy) is 2. The second kappa shape index (κ2) is 8.40. The highest BCUT2D eigenvalue weighted by molar-refractivity contribution is 4.96.